The lowest BCUT2D eigenvalue weighted by atomic mass is 10.0. The van der Waals surface area contributed by atoms with Gasteiger partial charge in [-0.3, -0.25) is 0 Å². The molecule has 152 valence electrons. The maximum atomic E-state index is 11.9. The molecule has 0 aliphatic carbocycles. The molecule has 30 heavy (non-hydrogen) atoms. The number of fused-ring (bicyclic) bond motifs is 1. The number of ether oxygens (including phenoxy) is 3. The molecule has 1 aromatic heterocycles. The topological polar surface area (TPSA) is 73.4 Å². The van der Waals surface area contributed by atoms with Gasteiger partial charge in [0.05, 0.1) is 35.8 Å². The molecule has 0 saturated carbocycles. The SMILES string of the molecule is COC(=O)c1cc(Oc2nc3cc(-c4ccccc4OC)c(Cl)cc3[nH]2)ccc1C. The van der Waals surface area contributed by atoms with E-state index in [9.17, 15) is 4.79 Å². The molecule has 0 saturated heterocycles. The summed E-state index contributed by atoms with van der Waals surface area (Å²) in [6.07, 6.45) is 0. The molecule has 7 heteroatoms. The fourth-order valence-electron chi connectivity index (χ4n) is 3.23. The van der Waals surface area contributed by atoms with Crippen LogP contribution in [0.15, 0.2) is 54.6 Å². The molecule has 1 N–H and O–H groups in total. The van der Waals surface area contributed by atoms with Crippen LogP contribution in [0.4, 0.5) is 0 Å². The lowest BCUT2D eigenvalue weighted by Gasteiger charge is -2.09. The highest BCUT2D eigenvalue weighted by molar-refractivity contribution is 6.34. The largest absolute Gasteiger partial charge is 0.496 e. The second-order valence-electron chi connectivity index (χ2n) is 6.66. The van der Waals surface area contributed by atoms with Crippen molar-refractivity contribution >= 4 is 28.6 Å². The monoisotopic (exact) mass is 422 g/mol. The molecule has 0 bridgehead atoms. The van der Waals surface area contributed by atoms with Crippen LogP contribution in [0, 0.1) is 6.92 Å². The summed E-state index contributed by atoms with van der Waals surface area (Å²) in [5.74, 6) is 0.771. The summed E-state index contributed by atoms with van der Waals surface area (Å²) in [4.78, 5) is 19.5. The van der Waals surface area contributed by atoms with Crippen molar-refractivity contribution in [3.63, 3.8) is 0 Å². The second kappa shape index (κ2) is 8.08. The average Bonchev–Trinajstić information content (AvgIpc) is 3.14. The van der Waals surface area contributed by atoms with Crippen molar-refractivity contribution in [2.45, 2.75) is 6.92 Å². The minimum absolute atomic E-state index is 0.290. The van der Waals surface area contributed by atoms with Crippen LogP contribution in [0.5, 0.6) is 17.5 Å². The van der Waals surface area contributed by atoms with Gasteiger partial charge in [-0.2, -0.15) is 4.98 Å². The van der Waals surface area contributed by atoms with Crippen molar-refractivity contribution in [1.29, 1.82) is 0 Å². The third-order valence-corrected chi connectivity index (χ3v) is 5.09. The highest BCUT2D eigenvalue weighted by Crippen LogP contribution is 2.37. The van der Waals surface area contributed by atoms with Crippen molar-refractivity contribution in [3.8, 4) is 28.6 Å². The van der Waals surface area contributed by atoms with Gasteiger partial charge in [0.2, 0.25) is 0 Å². The van der Waals surface area contributed by atoms with Gasteiger partial charge in [-0.05, 0) is 42.8 Å². The molecule has 3 aromatic carbocycles. The highest BCUT2D eigenvalue weighted by Gasteiger charge is 2.15. The van der Waals surface area contributed by atoms with Crippen LogP contribution >= 0.6 is 11.6 Å². The molecule has 6 nitrogen and oxygen atoms in total. The van der Waals surface area contributed by atoms with E-state index >= 15 is 0 Å². The fourth-order valence-corrected chi connectivity index (χ4v) is 3.50. The summed E-state index contributed by atoms with van der Waals surface area (Å²) in [7, 11) is 2.97. The number of nitrogens with zero attached hydrogens (tertiary/aromatic N) is 1. The molecule has 0 aliphatic rings. The standard InChI is InChI=1S/C23H19ClN2O4/c1-13-8-9-14(10-16(13)22(27)29-3)30-23-25-19-11-17(18(24)12-20(19)26-23)15-6-4-5-7-21(15)28-2/h4-12H,1-3H3,(H,25,26). The van der Waals surface area contributed by atoms with Gasteiger partial charge in [-0.1, -0.05) is 35.9 Å². The number of hydrogen-bond donors (Lipinski definition) is 1. The smallest absolute Gasteiger partial charge is 0.338 e. The number of imidazole rings is 1. The van der Waals surface area contributed by atoms with Crippen LogP contribution in [-0.2, 0) is 4.74 Å². The van der Waals surface area contributed by atoms with E-state index in [1.54, 1.807) is 31.4 Å². The minimum Gasteiger partial charge on any atom is -0.496 e. The van der Waals surface area contributed by atoms with Gasteiger partial charge in [0, 0.05) is 11.1 Å². The van der Waals surface area contributed by atoms with E-state index in [0.717, 1.165) is 28.0 Å². The Balaban J connectivity index is 1.70. The second-order valence-corrected chi connectivity index (χ2v) is 7.07. The van der Waals surface area contributed by atoms with E-state index in [0.29, 0.717) is 21.9 Å². The first-order valence-electron chi connectivity index (χ1n) is 9.19. The third-order valence-electron chi connectivity index (χ3n) is 4.77. The number of methoxy groups -OCH3 is 2. The Labute approximate surface area is 178 Å². The number of carbonyl (C=O) groups excluding carboxylic acids is 1. The van der Waals surface area contributed by atoms with Crippen molar-refractivity contribution in [2.75, 3.05) is 14.2 Å². The molecular weight excluding hydrogens is 404 g/mol. The third kappa shape index (κ3) is 3.69. The van der Waals surface area contributed by atoms with Crippen LogP contribution in [0.2, 0.25) is 5.02 Å². The van der Waals surface area contributed by atoms with Crippen molar-refractivity contribution in [1.82, 2.24) is 9.97 Å². The van der Waals surface area contributed by atoms with Crippen LogP contribution < -0.4 is 9.47 Å². The predicted molar refractivity (Wildman–Crippen MR) is 116 cm³/mol. The Bertz CT molecular complexity index is 1250. The number of aromatic amines is 1. The summed E-state index contributed by atoms with van der Waals surface area (Å²) in [5, 5.41) is 0.561. The lowest BCUT2D eigenvalue weighted by Crippen LogP contribution is -2.04. The van der Waals surface area contributed by atoms with Gasteiger partial charge < -0.3 is 19.2 Å². The van der Waals surface area contributed by atoms with Gasteiger partial charge in [0.1, 0.15) is 11.5 Å². The number of H-pyrrole nitrogens is 1. The van der Waals surface area contributed by atoms with Gasteiger partial charge >= 0.3 is 5.97 Å². The van der Waals surface area contributed by atoms with Crippen LogP contribution in [0.25, 0.3) is 22.2 Å². The Kier molecular flexibility index (Phi) is 5.33. The van der Waals surface area contributed by atoms with Gasteiger partial charge in [-0.25, -0.2) is 4.79 Å². The summed E-state index contributed by atoms with van der Waals surface area (Å²) in [5.41, 5.74) is 4.34. The van der Waals surface area contributed by atoms with Gasteiger partial charge in [0.15, 0.2) is 0 Å². The van der Waals surface area contributed by atoms with E-state index in [2.05, 4.69) is 9.97 Å². The van der Waals surface area contributed by atoms with Crippen LogP contribution in [0.1, 0.15) is 15.9 Å². The predicted octanol–water partition coefficient (Wildman–Crippen LogP) is 5.78. The molecule has 0 fully saturated rings. The molecule has 0 unspecified atom stereocenters. The lowest BCUT2D eigenvalue weighted by molar-refractivity contribution is 0.0599. The number of benzene rings is 3. The van der Waals surface area contributed by atoms with Crippen molar-refractivity contribution < 1.29 is 19.0 Å². The number of carbonyl (C=O) groups is 1. The zero-order valence-corrected chi connectivity index (χ0v) is 17.4. The summed E-state index contributed by atoms with van der Waals surface area (Å²) in [6.45, 7) is 1.83. The number of hydrogen-bond acceptors (Lipinski definition) is 5. The average molecular weight is 423 g/mol. The first kappa shape index (κ1) is 19.8. The molecule has 0 spiro atoms. The van der Waals surface area contributed by atoms with Crippen molar-refractivity contribution in [3.05, 3.63) is 70.7 Å². The molecule has 0 amide bonds. The van der Waals surface area contributed by atoms with E-state index in [4.69, 9.17) is 25.8 Å². The number of halogens is 1. The summed E-state index contributed by atoms with van der Waals surface area (Å²) in [6, 6.07) is 16.8. The molecule has 0 radical (unpaired) electrons. The van der Waals surface area contributed by atoms with Crippen molar-refractivity contribution in [2.24, 2.45) is 0 Å². The van der Waals surface area contributed by atoms with Crippen LogP contribution in [-0.4, -0.2) is 30.2 Å². The zero-order valence-electron chi connectivity index (χ0n) is 16.7. The number of aryl methyl sites for hydroxylation is 1. The summed E-state index contributed by atoms with van der Waals surface area (Å²) >= 11 is 6.53. The van der Waals surface area contributed by atoms with Gasteiger partial charge in [-0.15, -0.1) is 0 Å². The molecule has 4 aromatic rings. The summed E-state index contributed by atoms with van der Waals surface area (Å²) < 4.78 is 16.1. The quantitative estimate of drug-likeness (QED) is 0.413. The number of rotatable bonds is 5. The fraction of sp³-hybridized carbons (Fsp3) is 0.130. The van der Waals surface area contributed by atoms with E-state index in [1.165, 1.54) is 7.11 Å². The number of aromatic nitrogens is 2. The Hall–Kier alpha value is -3.51. The molecule has 4 rings (SSSR count). The first-order chi connectivity index (χ1) is 14.5. The Morgan fingerprint density at radius 1 is 1.03 bits per heavy atom. The minimum atomic E-state index is -0.421. The number of nitrogens with one attached hydrogen (secondary N) is 1. The zero-order chi connectivity index (χ0) is 21.3. The van der Waals surface area contributed by atoms with E-state index < -0.39 is 5.97 Å². The molecule has 0 aliphatic heterocycles. The highest BCUT2D eigenvalue weighted by atomic mass is 35.5. The Morgan fingerprint density at radius 3 is 2.60 bits per heavy atom. The number of para-hydroxylation sites is 1. The maximum absolute atomic E-state index is 11.9. The normalized spacial score (nSPS) is 10.8. The maximum Gasteiger partial charge on any atom is 0.338 e. The molecular formula is C23H19ClN2O4. The van der Waals surface area contributed by atoms with Gasteiger partial charge in [0.25, 0.3) is 6.01 Å². The molecule has 1 heterocycles. The Morgan fingerprint density at radius 2 is 1.83 bits per heavy atom. The van der Waals surface area contributed by atoms with E-state index in [-0.39, 0.29) is 6.01 Å². The van der Waals surface area contributed by atoms with E-state index in [1.807, 2.05) is 37.3 Å². The molecule has 0 atom stereocenters. The van der Waals surface area contributed by atoms with Crippen LogP contribution in [0.3, 0.4) is 0 Å². The number of esters is 1. The first-order valence-corrected chi connectivity index (χ1v) is 9.57.